The molecule has 0 spiro atoms. The Hall–Kier alpha value is -0.340. The molecule has 1 rings (SSSR count). The summed E-state index contributed by atoms with van der Waals surface area (Å²) in [6.45, 7) is 1.85. The van der Waals surface area contributed by atoms with E-state index in [0.717, 1.165) is 15.6 Å². The lowest BCUT2D eigenvalue weighted by Crippen LogP contribution is -2.00. The van der Waals surface area contributed by atoms with E-state index in [4.69, 9.17) is 11.6 Å². The van der Waals surface area contributed by atoms with Gasteiger partial charge in [0.15, 0.2) is 5.78 Å². The van der Waals surface area contributed by atoms with E-state index in [0.29, 0.717) is 12.3 Å². The maximum Gasteiger partial charge on any atom is 0.162 e. The van der Waals surface area contributed by atoms with Crippen LogP contribution in [0.5, 0.6) is 0 Å². The normalized spacial score (nSPS) is 10.1. The molecule has 0 amide bonds. The predicted molar refractivity (Wildman–Crippen MR) is 58.3 cm³/mol. The number of hydrogen-bond donors (Lipinski definition) is 0. The summed E-state index contributed by atoms with van der Waals surface area (Å²) in [5.41, 5.74) is 1.63. The van der Waals surface area contributed by atoms with Gasteiger partial charge in [-0.25, -0.2) is 0 Å². The molecule has 3 heteroatoms. The summed E-state index contributed by atoms with van der Waals surface area (Å²) in [5, 5.41) is 0. The fourth-order valence-electron chi connectivity index (χ4n) is 1.14. The van der Waals surface area contributed by atoms with Gasteiger partial charge in [-0.3, -0.25) is 4.79 Å². The van der Waals surface area contributed by atoms with E-state index in [-0.39, 0.29) is 5.78 Å². The molecular formula is C10H10BrClO. The standard InChI is InChI=1S/C10H10BrClO/c1-2-10(13)9-4-3-8(11)5-7(9)6-12/h3-5H,2,6H2,1H3. The minimum absolute atomic E-state index is 0.142. The summed E-state index contributed by atoms with van der Waals surface area (Å²) in [6, 6.07) is 5.56. The van der Waals surface area contributed by atoms with E-state index in [1.807, 2.05) is 25.1 Å². The molecular weight excluding hydrogens is 251 g/mol. The van der Waals surface area contributed by atoms with Crippen LogP contribution in [0.15, 0.2) is 22.7 Å². The van der Waals surface area contributed by atoms with Crippen molar-refractivity contribution in [1.82, 2.24) is 0 Å². The highest BCUT2D eigenvalue weighted by Crippen LogP contribution is 2.19. The zero-order valence-corrected chi connectivity index (χ0v) is 9.65. The second-order valence-corrected chi connectivity index (χ2v) is 3.89. The molecule has 0 atom stereocenters. The predicted octanol–water partition coefficient (Wildman–Crippen LogP) is 3.78. The second-order valence-electron chi connectivity index (χ2n) is 2.71. The number of ketones is 1. The van der Waals surface area contributed by atoms with Crippen LogP contribution in [0.3, 0.4) is 0 Å². The molecule has 0 bridgehead atoms. The van der Waals surface area contributed by atoms with Gasteiger partial charge < -0.3 is 0 Å². The summed E-state index contributed by atoms with van der Waals surface area (Å²) < 4.78 is 0.954. The lowest BCUT2D eigenvalue weighted by molar-refractivity contribution is 0.0987. The van der Waals surface area contributed by atoms with Crippen molar-refractivity contribution in [2.45, 2.75) is 19.2 Å². The molecule has 70 valence electrons. The van der Waals surface area contributed by atoms with Crippen LogP contribution < -0.4 is 0 Å². The van der Waals surface area contributed by atoms with Gasteiger partial charge in [0.05, 0.1) is 0 Å². The van der Waals surface area contributed by atoms with Gasteiger partial charge in [0.25, 0.3) is 0 Å². The Kier molecular flexibility index (Phi) is 3.94. The van der Waals surface area contributed by atoms with E-state index in [1.165, 1.54) is 0 Å². The molecule has 0 unspecified atom stereocenters. The largest absolute Gasteiger partial charge is 0.294 e. The summed E-state index contributed by atoms with van der Waals surface area (Å²) >= 11 is 9.07. The Morgan fingerprint density at radius 1 is 1.54 bits per heavy atom. The number of halogens is 2. The van der Waals surface area contributed by atoms with Crippen molar-refractivity contribution in [3.05, 3.63) is 33.8 Å². The number of carbonyl (C=O) groups excluding carboxylic acids is 1. The van der Waals surface area contributed by atoms with E-state index in [9.17, 15) is 4.79 Å². The fourth-order valence-corrected chi connectivity index (χ4v) is 1.76. The average molecular weight is 262 g/mol. The number of Topliss-reactive ketones (excluding diaryl/α,β-unsaturated/α-hetero) is 1. The Labute approximate surface area is 91.2 Å². The number of hydrogen-bond acceptors (Lipinski definition) is 1. The second kappa shape index (κ2) is 4.77. The number of rotatable bonds is 3. The molecule has 0 radical (unpaired) electrons. The third kappa shape index (κ3) is 2.55. The van der Waals surface area contributed by atoms with Gasteiger partial charge in [-0.1, -0.05) is 22.9 Å². The molecule has 1 aromatic rings. The third-order valence-corrected chi connectivity index (χ3v) is 2.61. The average Bonchev–Trinajstić information content (AvgIpc) is 2.16. The van der Waals surface area contributed by atoms with Crippen molar-refractivity contribution >= 4 is 33.3 Å². The Bertz CT molecular complexity index is 323. The first-order valence-electron chi connectivity index (χ1n) is 4.06. The summed E-state index contributed by atoms with van der Waals surface area (Å²) in [5.74, 6) is 0.517. The zero-order valence-electron chi connectivity index (χ0n) is 7.31. The molecule has 1 aromatic carbocycles. The molecule has 0 aliphatic rings. The highest BCUT2D eigenvalue weighted by atomic mass is 79.9. The Morgan fingerprint density at radius 3 is 2.77 bits per heavy atom. The molecule has 0 heterocycles. The Morgan fingerprint density at radius 2 is 2.23 bits per heavy atom. The maximum atomic E-state index is 11.4. The molecule has 0 aliphatic heterocycles. The fraction of sp³-hybridized carbons (Fsp3) is 0.300. The van der Waals surface area contributed by atoms with Crippen molar-refractivity contribution in [1.29, 1.82) is 0 Å². The van der Waals surface area contributed by atoms with Crippen LogP contribution in [-0.2, 0) is 5.88 Å². The Balaban J connectivity index is 3.13. The molecule has 1 nitrogen and oxygen atoms in total. The van der Waals surface area contributed by atoms with Crippen LogP contribution in [0, 0.1) is 0 Å². The summed E-state index contributed by atoms with van der Waals surface area (Å²) in [4.78, 5) is 11.4. The monoisotopic (exact) mass is 260 g/mol. The summed E-state index contributed by atoms with van der Waals surface area (Å²) in [7, 11) is 0. The third-order valence-electron chi connectivity index (χ3n) is 1.83. The highest BCUT2D eigenvalue weighted by molar-refractivity contribution is 9.10. The van der Waals surface area contributed by atoms with Crippen LogP contribution in [0.2, 0.25) is 0 Å². The van der Waals surface area contributed by atoms with Gasteiger partial charge in [-0.2, -0.15) is 0 Å². The van der Waals surface area contributed by atoms with E-state index < -0.39 is 0 Å². The summed E-state index contributed by atoms with van der Waals surface area (Å²) in [6.07, 6.45) is 0.519. The van der Waals surface area contributed by atoms with Gasteiger partial charge in [-0.05, 0) is 23.8 Å². The van der Waals surface area contributed by atoms with Gasteiger partial charge in [-0.15, -0.1) is 11.6 Å². The van der Waals surface area contributed by atoms with E-state index >= 15 is 0 Å². The number of benzene rings is 1. The smallest absolute Gasteiger partial charge is 0.162 e. The minimum Gasteiger partial charge on any atom is -0.294 e. The van der Waals surface area contributed by atoms with Gasteiger partial charge in [0.2, 0.25) is 0 Å². The topological polar surface area (TPSA) is 17.1 Å². The van der Waals surface area contributed by atoms with Crippen LogP contribution in [0.25, 0.3) is 0 Å². The van der Waals surface area contributed by atoms with Crippen LogP contribution in [0.4, 0.5) is 0 Å². The molecule has 0 saturated heterocycles. The molecule has 13 heavy (non-hydrogen) atoms. The lowest BCUT2D eigenvalue weighted by Gasteiger charge is -2.04. The highest BCUT2D eigenvalue weighted by Gasteiger charge is 2.08. The SMILES string of the molecule is CCC(=O)c1ccc(Br)cc1CCl. The minimum atomic E-state index is 0.142. The molecule has 0 aliphatic carbocycles. The van der Waals surface area contributed by atoms with Gasteiger partial charge in [0.1, 0.15) is 0 Å². The first-order chi connectivity index (χ1) is 6.19. The number of alkyl halides is 1. The van der Waals surface area contributed by atoms with E-state index in [1.54, 1.807) is 0 Å². The van der Waals surface area contributed by atoms with Crippen molar-refractivity contribution in [2.24, 2.45) is 0 Å². The first kappa shape index (κ1) is 10.7. The quantitative estimate of drug-likeness (QED) is 0.598. The van der Waals surface area contributed by atoms with Crippen molar-refractivity contribution in [3.8, 4) is 0 Å². The lowest BCUT2D eigenvalue weighted by atomic mass is 10.0. The van der Waals surface area contributed by atoms with Crippen LogP contribution >= 0.6 is 27.5 Å². The molecule has 0 fully saturated rings. The maximum absolute atomic E-state index is 11.4. The number of carbonyl (C=O) groups is 1. The zero-order chi connectivity index (χ0) is 9.84. The van der Waals surface area contributed by atoms with Crippen molar-refractivity contribution < 1.29 is 4.79 Å². The van der Waals surface area contributed by atoms with Gasteiger partial charge >= 0.3 is 0 Å². The van der Waals surface area contributed by atoms with Gasteiger partial charge in [0, 0.05) is 22.3 Å². The molecule has 0 aromatic heterocycles. The molecule has 0 saturated carbocycles. The van der Waals surface area contributed by atoms with Crippen LogP contribution in [0.1, 0.15) is 29.3 Å². The molecule has 0 N–H and O–H groups in total. The van der Waals surface area contributed by atoms with E-state index in [2.05, 4.69) is 15.9 Å². The van der Waals surface area contributed by atoms with Crippen molar-refractivity contribution in [3.63, 3.8) is 0 Å². The van der Waals surface area contributed by atoms with Crippen LogP contribution in [-0.4, -0.2) is 5.78 Å². The van der Waals surface area contributed by atoms with Crippen molar-refractivity contribution in [2.75, 3.05) is 0 Å². The first-order valence-corrected chi connectivity index (χ1v) is 5.39.